The van der Waals surface area contributed by atoms with Crippen molar-refractivity contribution < 1.29 is 29.7 Å². The molecule has 0 unspecified atom stereocenters. The summed E-state index contributed by atoms with van der Waals surface area (Å²) in [6.45, 7) is -0.928. The molecule has 6 nitrogen and oxygen atoms in total. The Morgan fingerprint density at radius 2 is 1.11 bits per heavy atom. The lowest BCUT2D eigenvalue weighted by Gasteiger charge is -2.08. The molecule has 6 heteroatoms. The molecule has 0 fully saturated rings. The van der Waals surface area contributed by atoms with Gasteiger partial charge in [-0.2, -0.15) is 0 Å². The maximum absolute atomic E-state index is 12.3. The number of allylic oxidation sites excluding steroid dienone is 2. The number of aliphatic hydroxyl groups is 1. The van der Waals surface area contributed by atoms with E-state index in [1.165, 1.54) is 36.4 Å². The van der Waals surface area contributed by atoms with E-state index in [-0.39, 0.29) is 11.5 Å². The van der Waals surface area contributed by atoms with Crippen LogP contribution < -0.4 is 0 Å². The topological polar surface area (TPSA) is 112 Å². The smallest absolute Gasteiger partial charge is 0.176 e. The molecule has 0 saturated heterocycles. The quantitative estimate of drug-likeness (QED) is 0.487. The van der Waals surface area contributed by atoms with Crippen LogP contribution in [0.25, 0.3) is 12.2 Å². The van der Waals surface area contributed by atoms with Gasteiger partial charge in [0.05, 0.1) is 0 Å². The van der Waals surface area contributed by atoms with Crippen LogP contribution in [0.4, 0.5) is 0 Å². The summed E-state index contributed by atoms with van der Waals surface area (Å²) in [4.78, 5) is 36.5. The minimum absolute atomic E-state index is 0.0707. The molecule has 0 spiro atoms. The third kappa shape index (κ3) is 5.76. The molecule has 0 aliphatic rings. The maximum Gasteiger partial charge on any atom is 0.176 e. The molecular weight excluding hydrogens is 348 g/mol. The molecule has 0 bridgehead atoms. The van der Waals surface area contributed by atoms with Gasteiger partial charge in [-0.15, -0.1) is 0 Å². The standard InChI is InChI=1S/C21H18O6/c22-13-20(27)21(18(25)11-5-14-1-7-16(23)8-2-14)19(26)12-6-15-3-9-17(24)10-4-15/h1-12,21-24H,13H2/b11-5+,12-6+. The van der Waals surface area contributed by atoms with Crippen molar-refractivity contribution in [2.75, 3.05) is 6.61 Å². The number of phenolic OH excluding ortho intramolecular Hbond substituents is 2. The molecule has 138 valence electrons. The molecule has 2 aromatic rings. The number of phenols is 2. The number of Topliss-reactive ketones (excluding diaryl/α,β-unsaturated/α-hetero) is 1. The van der Waals surface area contributed by atoms with E-state index in [2.05, 4.69) is 0 Å². The van der Waals surface area contributed by atoms with Gasteiger partial charge in [-0.3, -0.25) is 14.4 Å². The van der Waals surface area contributed by atoms with Gasteiger partial charge in [0.2, 0.25) is 0 Å². The first-order chi connectivity index (χ1) is 12.9. The van der Waals surface area contributed by atoms with Crippen LogP contribution in [0.15, 0.2) is 60.7 Å². The lowest BCUT2D eigenvalue weighted by atomic mass is 9.93. The average molecular weight is 366 g/mol. The van der Waals surface area contributed by atoms with Gasteiger partial charge in [0, 0.05) is 0 Å². The van der Waals surface area contributed by atoms with E-state index in [0.29, 0.717) is 11.1 Å². The van der Waals surface area contributed by atoms with Gasteiger partial charge in [0.15, 0.2) is 17.3 Å². The normalized spacial score (nSPS) is 11.3. The zero-order chi connectivity index (χ0) is 19.8. The van der Waals surface area contributed by atoms with Crippen LogP contribution in [0.2, 0.25) is 0 Å². The molecule has 3 N–H and O–H groups in total. The van der Waals surface area contributed by atoms with Gasteiger partial charge in [-0.1, -0.05) is 36.4 Å². The Morgan fingerprint density at radius 1 is 0.741 bits per heavy atom. The van der Waals surface area contributed by atoms with Crippen molar-refractivity contribution >= 4 is 29.5 Å². The largest absolute Gasteiger partial charge is 0.508 e. The summed E-state index contributed by atoms with van der Waals surface area (Å²) in [5.74, 6) is -3.87. The third-order valence-corrected chi connectivity index (χ3v) is 3.71. The number of rotatable bonds is 8. The van der Waals surface area contributed by atoms with Gasteiger partial charge in [-0.25, -0.2) is 0 Å². The number of ketones is 3. The van der Waals surface area contributed by atoms with Crippen LogP contribution in [0, 0.1) is 5.92 Å². The highest BCUT2D eigenvalue weighted by molar-refractivity contribution is 6.26. The second kappa shape index (κ2) is 9.26. The summed E-state index contributed by atoms with van der Waals surface area (Å²) >= 11 is 0. The highest BCUT2D eigenvalue weighted by Gasteiger charge is 2.29. The molecule has 0 aliphatic carbocycles. The molecular formula is C21H18O6. The fraction of sp³-hybridized carbons (Fsp3) is 0.0952. The van der Waals surface area contributed by atoms with Crippen molar-refractivity contribution in [3.63, 3.8) is 0 Å². The van der Waals surface area contributed by atoms with E-state index in [0.717, 1.165) is 12.2 Å². The number of aromatic hydroxyl groups is 2. The third-order valence-electron chi connectivity index (χ3n) is 3.71. The van der Waals surface area contributed by atoms with E-state index in [1.54, 1.807) is 24.3 Å². The molecule has 0 amide bonds. The molecule has 0 radical (unpaired) electrons. The van der Waals surface area contributed by atoms with Gasteiger partial charge < -0.3 is 15.3 Å². The number of aliphatic hydroxyl groups excluding tert-OH is 1. The van der Waals surface area contributed by atoms with Crippen molar-refractivity contribution in [1.82, 2.24) is 0 Å². The maximum atomic E-state index is 12.3. The number of benzene rings is 2. The van der Waals surface area contributed by atoms with E-state index in [9.17, 15) is 24.6 Å². The minimum Gasteiger partial charge on any atom is -0.508 e. The first kappa shape index (κ1) is 19.8. The Labute approximate surface area is 155 Å². The molecule has 0 saturated carbocycles. The molecule has 0 atom stereocenters. The molecule has 0 heterocycles. The summed E-state index contributed by atoms with van der Waals surface area (Å²) in [6, 6.07) is 12.0. The predicted molar refractivity (Wildman–Crippen MR) is 99.9 cm³/mol. The summed E-state index contributed by atoms with van der Waals surface area (Å²) in [5, 5.41) is 27.6. The zero-order valence-corrected chi connectivity index (χ0v) is 14.3. The Balaban J connectivity index is 2.16. The van der Waals surface area contributed by atoms with Crippen LogP contribution in [0.5, 0.6) is 11.5 Å². The average Bonchev–Trinajstić information content (AvgIpc) is 2.67. The van der Waals surface area contributed by atoms with Gasteiger partial charge in [-0.05, 0) is 47.5 Å². The number of carbonyl (C=O) groups excluding carboxylic acids is 3. The Morgan fingerprint density at radius 3 is 1.44 bits per heavy atom. The van der Waals surface area contributed by atoms with Crippen LogP contribution >= 0.6 is 0 Å². The van der Waals surface area contributed by atoms with E-state index in [4.69, 9.17) is 5.11 Å². The van der Waals surface area contributed by atoms with Gasteiger partial charge in [0.1, 0.15) is 24.0 Å². The fourth-order valence-corrected chi connectivity index (χ4v) is 2.27. The highest BCUT2D eigenvalue weighted by Crippen LogP contribution is 2.14. The second-order valence-electron chi connectivity index (χ2n) is 5.71. The van der Waals surface area contributed by atoms with E-state index < -0.39 is 29.9 Å². The fourth-order valence-electron chi connectivity index (χ4n) is 2.27. The molecule has 27 heavy (non-hydrogen) atoms. The Kier molecular flexibility index (Phi) is 6.79. The summed E-state index contributed by atoms with van der Waals surface area (Å²) in [7, 11) is 0. The summed E-state index contributed by atoms with van der Waals surface area (Å²) in [5.41, 5.74) is 1.20. The monoisotopic (exact) mass is 366 g/mol. The number of hydrogen-bond acceptors (Lipinski definition) is 6. The Bertz CT molecular complexity index is 808. The zero-order valence-electron chi connectivity index (χ0n) is 14.3. The van der Waals surface area contributed by atoms with Crippen molar-refractivity contribution in [2.45, 2.75) is 0 Å². The predicted octanol–water partition coefficient (Wildman–Crippen LogP) is 2.14. The lowest BCUT2D eigenvalue weighted by Crippen LogP contribution is -2.31. The Hall–Kier alpha value is -3.51. The molecule has 2 rings (SSSR count). The number of hydrogen-bond donors (Lipinski definition) is 3. The molecule has 0 aromatic heterocycles. The van der Waals surface area contributed by atoms with E-state index >= 15 is 0 Å². The molecule has 2 aromatic carbocycles. The van der Waals surface area contributed by atoms with Crippen LogP contribution in [-0.4, -0.2) is 39.3 Å². The van der Waals surface area contributed by atoms with Crippen molar-refractivity contribution in [3.05, 3.63) is 71.8 Å². The van der Waals surface area contributed by atoms with Crippen molar-refractivity contribution in [1.29, 1.82) is 0 Å². The van der Waals surface area contributed by atoms with Crippen molar-refractivity contribution in [3.8, 4) is 11.5 Å². The minimum atomic E-state index is -1.63. The first-order valence-corrected chi connectivity index (χ1v) is 8.06. The highest BCUT2D eigenvalue weighted by atomic mass is 16.3. The summed E-state index contributed by atoms with van der Waals surface area (Å²) in [6.07, 6.45) is 5.01. The van der Waals surface area contributed by atoms with Gasteiger partial charge >= 0.3 is 0 Å². The van der Waals surface area contributed by atoms with Crippen LogP contribution in [0.3, 0.4) is 0 Å². The van der Waals surface area contributed by atoms with Gasteiger partial charge in [0.25, 0.3) is 0 Å². The van der Waals surface area contributed by atoms with E-state index in [1.807, 2.05) is 0 Å². The van der Waals surface area contributed by atoms with Crippen molar-refractivity contribution in [2.24, 2.45) is 5.92 Å². The molecule has 0 aliphatic heterocycles. The summed E-state index contributed by atoms with van der Waals surface area (Å²) < 4.78 is 0. The number of carbonyl (C=O) groups is 3. The first-order valence-electron chi connectivity index (χ1n) is 8.06. The van der Waals surface area contributed by atoms with Crippen LogP contribution in [-0.2, 0) is 14.4 Å². The van der Waals surface area contributed by atoms with Crippen LogP contribution in [0.1, 0.15) is 11.1 Å². The second-order valence-corrected chi connectivity index (χ2v) is 5.71. The lowest BCUT2D eigenvalue weighted by molar-refractivity contribution is -0.137. The SMILES string of the molecule is O=C(/C=C/c1ccc(O)cc1)C(C(=O)/C=C/c1ccc(O)cc1)C(=O)CO.